The van der Waals surface area contributed by atoms with Crippen molar-refractivity contribution in [2.24, 2.45) is 0 Å². The van der Waals surface area contributed by atoms with E-state index in [-0.39, 0.29) is 17.3 Å². The lowest BCUT2D eigenvalue weighted by Crippen LogP contribution is -2.45. The van der Waals surface area contributed by atoms with Crippen LogP contribution in [0.25, 0.3) is 0 Å². The fourth-order valence-electron chi connectivity index (χ4n) is 3.39. The molecule has 0 aromatic heterocycles. The average molecular weight is 387 g/mol. The number of amides is 1. The van der Waals surface area contributed by atoms with Gasteiger partial charge in [0.1, 0.15) is 0 Å². The number of aryl methyl sites for hydroxylation is 1. The number of benzene rings is 2. The largest absolute Gasteiger partial charge is 0.311 e. The summed E-state index contributed by atoms with van der Waals surface area (Å²) in [6.45, 7) is 2.85. The van der Waals surface area contributed by atoms with E-state index in [0.717, 1.165) is 36.9 Å². The number of nitrogens with zero attached hydrogens (tertiary/aromatic N) is 2. The van der Waals surface area contributed by atoms with Crippen molar-refractivity contribution in [3.05, 3.63) is 60.2 Å². The first-order valence-corrected chi connectivity index (χ1v) is 10.9. The molecular formula is C21H26N2O3S. The normalized spacial score (nSPS) is 14.2. The predicted octanol–water partition coefficient (Wildman–Crippen LogP) is 3.46. The number of hydrogen-bond donors (Lipinski definition) is 0. The van der Waals surface area contributed by atoms with Gasteiger partial charge in [0.25, 0.3) is 0 Å². The Morgan fingerprint density at radius 1 is 1.07 bits per heavy atom. The Morgan fingerprint density at radius 3 is 2.52 bits per heavy atom. The molecule has 27 heavy (non-hydrogen) atoms. The van der Waals surface area contributed by atoms with E-state index in [2.05, 4.69) is 0 Å². The number of carbonyl (C=O) groups excluding carboxylic acids is 1. The molecule has 1 amide bonds. The molecule has 0 saturated heterocycles. The maximum absolute atomic E-state index is 13.1. The van der Waals surface area contributed by atoms with Gasteiger partial charge >= 0.3 is 0 Å². The molecule has 3 rings (SSSR count). The molecule has 6 heteroatoms. The summed E-state index contributed by atoms with van der Waals surface area (Å²) < 4.78 is 27.4. The number of anilines is 1. The first-order chi connectivity index (χ1) is 13.0. The SMILES string of the molecule is CCCCN(CC(=O)N1CCCc2ccccc21)S(=O)(=O)c1ccccc1. The molecule has 0 N–H and O–H groups in total. The molecule has 0 unspecified atom stereocenters. The predicted molar refractivity (Wildman–Crippen MR) is 107 cm³/mol. The van der Waals surface area contributed by atoms with Crippen LogP contribution in [-0.2, 0) is 21.2 Å². The molecule has 5 nitrogen and oxygen atoms in total. The molecule has 0 saturated carbocycles. The maximum atomic E-state index is 13.1. The van der Waals surface area contributed by atoms with Crippen LogP contribution in [0.2, 0.25) is 0 Å². The monoisotopic (exact) mass is 386 g/mol. The van der Waals surface area contributed by atoms with Crippen LogP contribution in [-0.4, -0.2) is 38.3 Å². The van der Waals surface area contributed by atoms with Gasteiger partial charge in [0.2, 0.25) is 15.9 Å². The van der Waals surface area contributed by atoms with Gasteiger partial charge in [-0.05, 0) is 43.0 Å². The van der Waals surface area contributed by atoms with Gasteiger partial charge in [0, 0.05) is 18.8 Å². The minimum absolute atomic E-state index is 0.133. The Morgan fingerprint density at radius 2 is 1.78 bits per heavy atom. The summed E-state index contributed by atoms with van der Waals surface area (Å²) in [7, 11) is -3.70. The fraction of sp³-hybridized carbons (Fsp3) is 0.381. The Kier molecular flexibility index (Phi) is 6.29. The van der Waals surface area contributed by atoms with Gasteiger partial charge < -0.3 is 4.90 Å². The third-order valence-electron chi connectivity index (χ3n) is 4.86. The van der Waals surface area contributed by atoms with Crippen LogP contribution < -0.4 is 4.90 Å². The van der Waals surface area contributed by atoms with E-state index in [4.69, 9.17) is 0 Å². The van der Waals surface area contributed by atoms with Gasteiger partial charge in [0.05, 0.1) is 11.4 Å². The summed E-state index contributed by atoms with van der Waals surface area (Å²) >= 11 is 0. The van der Waals surface area contributed by atoms with E-state index in [1.807, 2.05) is 31.2 Å². The number of hydrogen-bond acceptors (Lipinski definition) is 3. The highest BCUT2D eigenvalue weighted by Gasteiger charge is 2.29. The lowest BCUT2D eigenvalue weighted by molar-refractivity contribution is -0.118. The minimum Gasteiger partial charge on any atom is -0.311 e. The molecular weight excluding hydrogens is 360 g/mol. The number of carbonyl (C=O) groups is 1. The maximum Gasteiger partial charge on any atom is 0.243 e. The van der Waals surface area contributed by atoms with Crippen molar-refractivity contribution >= 4 is 21.6 Å². The Hall–Kier alpha value is -2.18. The molecule has 2 aromatic carbocycles. The van der Waals surface area contributed by atoms with Crippen molar-refractivity contribution in [3.63, 3.8) is 0 Å². The van der Waals surface area contributed by atoms with Crippen molar-refractivity contribution < 1.29 is 13.2 Å². The van der Waals surface area contributed by atoms with Gasteiger partial charge in [-0.2, -0.15) is 4.31 Å². The zero-order chi connectivity index (χ0) is 19.3. The topological polar surface area (TPSA) is 57.7 Å². The van der Waals surface area contributed by atoms with Gasteiger partial charge in [0.15, 0.2) is 0 Å². The number of rotatable bonds is 7. The standard InChI is InChI=1S/C21H26N2O3S/c1-2-3-15-22(27(25,26)19-12-5-4-6-13-19)17-21(24)23-16-9-11-18-10-7-8-14-20(18)23/h4-8,10,12-14H,2-3,9,11,15-17H2,1H3. The molecule has 1 heterocycles. The number of fused-ring (bicyclic) bond motifs is 1. The molecule has 0 bridgehead atoms. The van der Waals surface area contributed by atoms with E-state index in [0.29, 0.717) is 13.1 Å². The van der Waals surface area contributed by atoms with E-state index in [1.165, 1.54) is 4.31 Å². The van der Waals surface area contributed by atoms with Crippen molar-refractivity contribution in [1.82, 2.24) is 4.31 Å². The minimum atomic E-state index is -3.70. The second kappa shape index (κ2) is 8.67. The smallest absolute Gasteiger partial charge is 0.243 e. The molecule has 0 spiro atoms. The lowest BCUT2D eigenvalue weighted by atomic mass is 10.0. The summed E-state index contributed by atoms with van der Waals surface area (Å²) in [5.41, 5.74) is 2.05. The van der Waals surface area contributed by atoms with Gasteiger partial charge in [-0.1, -0.05) is 49.7 Å². The van der Waals surface area contributed by atoms with Gasteiger partial charge in [-0.3, -0.25) is 4.79 Å². The summed E-state index contributed by atoms with van der Waals surface area (Å²) in [4.78, 5) is 15.0. The molecule has 0 radical (unpaired) electrons. The molecule has 0 atom stereocenters. The van der Waals surface area contributed by atoms with Crippen LogP contribution in [0.5, 0.6) is 0 Å². The summed E-state index contributed by atoms with van der Waals surface area (Å²) in [6.07, 6.45) is 3.42. The van der Waals surface area contributed by atoms with Crippen LogP contribution in [0.15, 0.2) is 59.5 Å². The highest BCUT2D eigenvalue weighted by atomic mass is 32.2. The first kappa shape index (κ1) is 19.6. The zero-order valence-corrected chi connectivity index (χ0v) is 16.5. The van der Waals surface area contributed by atoms with Crippen molar-refractivity contribution in [3.8, 4) is 0 Å². The Labute approximate surface area is 161 Å². The van der Waals surface area contributed by atoms with E-state index < -0.39 is 10.0 Å². The van der Waals surface area contributed by atoms with Gasteiger partial charge in [-0.25, -0.2) is 8.42 Å². The van der Waals surface area contributed by atoms with Crippen molar-refractivity contribution in [2.45, 2.75) is 37.5 Å². The van der Waals surface area contributed by atoms with E-state index >= 15 is 0 Å². The van der Waals surface area contributed by atoms with Crippen LogP contribution >= 0.6 is 0 Å². The van der Waals surface area contributed by atoms with Crippen LogP contribution in [0, 0.1) is 0 Å². The molecule has 1 aliphatic rings. The van der Waals surface area contributed by atoms with Crippen molar-refractivity contribution in [2.75, 3.05) is 24.5 Å². The Bertz CT molecular complexity index is 881. The second-order valence-corrected chi connectivity index (χ2v) is 8.72. The second-order valence-electron chi connectivity index (χ2n) is 6.78. The molecule has 0 fully saturated rings. The number of sulfonamides is 1. The lowest BCUT2D eigenvalue weighted by Gasteiger charge is -2.31. The summed E-state index contributed by atoms with van der Waals surface area (Å²) in [6, 6.07) is 16.2. The highest BCUT2D eigenvalue weighted by Crippen LogP contribution is 2.27. The third kappa shape index (κ3) is 4.39. The fourth-order valence-corrected chi connectivity index (χ4v) is 4.84. The molecule has 1 aliphatic heterocycles. The van der Waals surface area contributed by atoms with Crippen LogP contribution in [0.1, 0.15) is 31.7 Å². The van der Waals surface area contributed by atoms with Crippen LogP contribution in [0.3, 0.4) is 0 Å². The third-order valence-corrected chi connectivity index (χ3v) is 6.72. The van der Waals surface area contributed by atoms with E-state index in [1.54, 1.807) is 35.2 Å². The van der Waals surface area contributed by atoms with Crippen molar-refractivity contribution in [1.29, 1.82) is 0 Å². The quantitative estimate of drug-likeness (QED) is 0.732. The number of para-hydroxylation sites is 1. The summed E-state index contributed by atoms with van der Waals surface area (Å²) in [5.74, 6) is -0.169. The molecule has 2 aromatic rings. The molecule has 0 aliphatic carbocycles. The average Bonchev–Trinajstić information content (AvgIpc) is 2.71. The van der Waals surface area contributed by atoms with Crippen LogP contribution in [0.4, 0.5) is 5.69 Å². The summed E-state index contributed by atoms with van der Waals surface area (Å²) in [5, 5.41) is 0. The first-order valence-electron chi connectivity index (χ1n) is 9.47. The van der Waals surface area contributed by atoms with Gasteiger partial charge in [-0.15, -0.1) is 0 Å². The number of unbranched alkanes of at least 4 members (excludes halogenated alkanes) is 1. The Balaban J connectivity index is 1.84. The van der Waals surface area contributed by atoms with E-state index in [9.17, 15) is 13.2 Å². The molecule has 144 valence electrons. The highest BCUT2D eigenvalue weighted by molar-refractivity contribution is 7.89. The zero-order valence-electron chi connectivity index (χ0n) is 15.7.